The summed E-state index contributed by atoms with van der Waals surface area (Å²) in [6, 6.07) is 6.92. The highest BCUT2D eigenvalue weighted by Gasteiger charge is 2.17. The van der Waals surface area contributed by atoms with Crippen molar-refractivity contribution in [1.29, 1.82) is 0 Å². The molecule has 7 heteroatoms. The molecule has 0 aromatic heterocycles. The Balaban J connectivity index is 1.60. The highest BCUT2D eigenvalue weighted by atomic mass is 32.2. The number of nitrogens with one attached hydrogen (secondary N) is 1. The number of non-ortho nitro benzene ring substituents is 1. The van der Waals surface area contributed by atoms with E-state index in [0.717, 1.165) is 17.9 Å². The maximum atomic E-state index is 11.9. The van der Waals surface area contributed by atoms with E-state index in [2.05, 4.69) is 17.1 Å². The van der Waals surface area contributed by atoms with E-state index >= 15 is 0 Å². The standard InChI is InChI=1S/C17H25N3O3S/c1-14-5-2-3-11-19(14)12-4-10-18-17(21)13-24-16-8-6-15(7-9-16)20(22)23/h6-9,14H,2-5,10-13H2,1H3,(H,18,21)/t14-/m0/s1. The van der Waals surface area contributed by atoms with Gasteiger partial charge in [-0.1, -0.05) is 6.42 Å². The Morgan fingerprint density at radius 1 is 1.38 bits per heavy atom. The van der Waals surface area contributed by atoms with Gasteiger partial charge in [-0.2, -0.15) is 0 Å². The summed E-state index contributed by atoms with van der Waals surface area (Å²) in [6.07, 6.45) is 4.85. The minimum Gasteiger partial charge on any atom is -0.355 e. The Bertz CT molecular complexity index is 551. The van der Waals surface area contributed by atoms with Crippen LogP contribution in [-0.4, -0.2) is 47.2 Å². The first-order valence-electron chi connectivity index (χ1n) is 8.44. The number of likely N-dealkylation sites (tertiary alicyclic amines) is 1. The van der Waals surface area contributed by atoms with Gasteiger partial charge in [0.2, 0.25) is 5.91 Å². The van der Waals surface area contributed by atoms with Gasteiger partial charge < -0.3 is 10.2 Å². The zero-order chi connectivity index (χ0) is 17.4. The molecule has 1 N–H and O–H groups in total. The number of carbonyl (C=O) groups is 1. The van der Waals surface area contributed by atoms with Crippen LogP contribution in [-0.2, 0) is 4.79 Å². The first-order valence-corrected chi connectivity index (χ1v) is 9.43. The van der Waals surface area contributed by atoms with Gasteiger partial charge in [0.15, 0.2) is 0 Å². The lowest BCUT2D eigenvalue weighted by molar-refractivity contribution is -0.384. The number of nitrogens with zero attached hydrogens (tertiary/aromatic N) is 2. The zero-order valence-corrected chi connectivity index (χ0v) is 14.9. The van der Waals surface area contributed by atoms with Crippen LogP contribution in [0.2, 0.25) is 0 Å². The van der Waals surface area contributed by atoms with Crippen molar-refractivity contribution in [2.24, 2.45) is 0 Å². The molecular weight excluding hydrogens is 326 g/mol. The molecule has 0 bridgehead atoms. The molecule has 24 heavy (non-hydrogen) atoms. The lowest BCUT2D eigenvalue weighted by atomic mass is 10.0. The average Bonchev–Trinajstić information content (AvgIpc) is 2.58. The molecule has 1 amide bonds. The fraction of sp³-hybridized carbons (Fsp3) is 0.588. The summed E-state index contributed by atoms with van der Waals surface area (Å²) in [5.74, 6) is 0.336. The van der Waals surface area contributed by atoms with E-state index in [0.29, 0.717) is 18.3 Å². The third kappa shape index (κ3) is 6.13. The largest absolute Gasteiger partial charge is 0.355 e. The number of piperidine rings is 1. The molecule has 1 aromatic rings. The first-order chi connectivity index (χ1) is 11.6. The van der Waals surface area contributed by atoms with Crippen LogP contribution < -0.4 is 5.32 Å². The van der Waals surface area contributed by atoms with E-state index in [9.17, 15) is 14.9 Å². The molecule has 0 spiro atoms. The van der Waals surface area contributed by atoms with E-state index in [-0.39, 0.29) is 11.6 Å². The molecule has 1 fully saturated rings. The summed E-state index contributed by atoms with van der Waals surface area (Å²) in [4.78, 5) is 25.4. The molecule has 1 saturated heterocycles. The van der Waals surface area contributed by atoms with Gasteiger partial charge >= 0.3 is 0 Å². The number of rotatable bonds is 8. The molecule has 0 radical (unpaired) electrons. The van der Waals surface area contributed by atoms with Crippen molar-refractivity contribution in [2.75, 3.05) is 25.4 Å². The number of nitro benzene ring substituents is 1. The molecule has 6 nitrogen and oxygen atoms in total. The number of thioether (sulfide) groups is 1. The van der Waals surface area contributed by atoms with Crippen molar-refractivity contribution >= 4 is 23.4 Å². The summed E-state index contributed by atoms with van der Waals surface area (Å²) in [5, 5.41) is 13.5. The van der Waals surface area contributed by atoms with Gasteiger partial charge in [0.25, 0.3) is 5.69 Å². The number of hydrogen-bond acceptors (Lipinski definition) is 5. The molecule has 1 aliphatic heterocycles. The second-order valence-corrected chi connectivity index (χ2v) is 7.17. The van der Waals surface area contributed by atoms with E-state index in [1.54, 1.807) is 12.1 Å². The fourth-order valence-corrected chi connectivity index (χ4v) is 3.59. The highest BCUT2D eigenvalue weighted by molar-refractivity contribution is 8.00. The maximum absolute atomic E-state index is 11.9. The minimum atomic E-state index is -0.426. The first kappa shape index (κ1) is 18.7. The summed E-state index contributed by atoms with van der Waals surface area (Å²) in [7, 11) is 0. The second kappa shape index (κ2) is 9.64. The van der Waals surface area contributed by atoms with Crippen molar-refractivity contribution < 1.29 is 9.72 Å². The van der Waals surface area contributed by atoms with Crippen LogP contribution in [0.3, 0.4) is 0 Å². The lowest BCUT2D eigenvalue weighted by Gasteiger charge is -2.33. The number of hydrogen-bond donors (Lipinski definition) is 1. The summed E-state index contributed by atoms with van der Waals surface area (Å²) < 4.78 is 0. The SMILES string of the molecule is C[C@H]1CCCCN1CCCNC(=O)CSc1ccc([N+](=O)[O-])cc1. The van der Waals surface area contributed by atoms with Gasteiger partial charge in [-0.05, 0) is 44.9 Å². The summed E-state index contributed by atoms with van der Waals surface area (Å²) in [5.41, 5.74) is 0.0655. The second-order valence-electron chi connectivity index (χ2n) is 6.12. The van der Waals surface area contributed by atoms with Gasteiger partial charge in [0.1, 0.15) is 0 Å². The number of nitro groups is 1. The molecule has 1 atom stereocenters. The van der Waals surface area contributed by atoms with Crippen LogP contribution in [0, 0.1) is 10.1 Å². The van der Waals surface area contributed by atoms with Crippen molar-refractivity contribution in [1.82, 2.24) is 10.2 Å². The Hall–Kier alpha value is -1.60. The summed E-state index contributed by atoms with van der Waals surface area (Å²) in [6.45, 7) is 5.18. The average molecular weight is 351 g/mol. The molecule has 0 aliphatic carbocycles. The predicted octanol–water partition coefficient (Wildman–Crippen LogP) is 3.07. The number of carbonyl (C=O) groups excluding carboxylic acids is 1. The zero-order valence-electron chi connectivity index (χ0n) is 14.1. The molecule has 1 aliphatic rings. The highest BCUT2D eigenvalue weighted by Crippen LogP contribution is 2.21. The van der Waals surface area contributed by atoms with E-state index in [1.807, 2.05) is 0 Å². The smallest absolute Gasteiger partial charge is 0.269 e. The summed E-state index contributed by atoms with van der Waals surface area (Å²) >= 11 is 1.39. The monoisotopic (exact) mass is 351 g/mol. The van der Waals surface area contributed by atoms with Crippen molar-refractivity contribution in [3.63, 3.8) is 0 Å². The Morgan fingerprint density at radius 3 is 2.79 bits per heavy atom. The van der Waals surface area contributed by atoms with Crippen molar-refractivity contribution in [3.8, 4) is 0 Å². The molecule has 0 saturated carbocycles. The van der Waals surface area contributed by atoms with Gasteiger partial charge in [0.05, 0.1) is 10.7 Å². The Kier molecular flexibility index (Phi) is 7.52. The van der Waals surface area contributed by atoms with Crippen molar-refractivity contribution in [2.45, 2.75) is 43.5 Å². The van der Waals surface area contributed by atoms with Gasteiger partial charge in [0, 0.05) is 36.2 Å². The van der Waals surface area contributed by atoms with Crippen LogP contribution >= 0.6 is 11.8 Å². The van der Waals surface area contributed by atoms with Gasteiger partial charge in [-0.15, -0.1) is 11.8 Å². The Labute approximate surface area is 147 Å². The van der Waals surface area contributed by atoms with Crippen LogP contribution in [0.1, 0.15) is 32.6 Å². The third-order valence-electron chi connectivity index (χ3n) is 4.30. The molecular formula is C17H25N3O3S. The van der Waals surface area contributed by atoms with Crippen LogP contribution in [0.4, 0.5) is 5.69 Å². The third-order valence-corrected chi connectivity index (χ3v) is 5.31. The van der Waals surface area contributed by atoms with E-state index < -0.39 is 4.92 Å². The molecule has 2 rings (SSSR count). The molecule has 1 heterocycles. The molecule has 132 valence electrons. The van der Waals surface area contributed by atoms with Crippen LogP contribution in [0.5, 0.6) is 0 Å². The maximum Gasteiger partial charge on any atom is 0.269 e. The Morgan fingerprint density at radius 2 is 2.12 bits per heavy atom. The van der Waals surface area contributed by atoms with Crippen LogP contribution in [0.15, 0.2) is 29.2 Å². The number of benzene rings is 1. The number of amides is 1. The van der Waals surface area contributed by atoms with E-state index in [4.69, 9.17) is 0 Å². The van der Waals surface area contributed by atoms with Gasteiger partial charge in [-0.25, -0.2) is 0 Å². The topological polar surface area (TPSA) is 75.5 Å². The minimum absolute atomic E-state index is 0.00467. The molecule has 0 unspecified atom stereocenters. The lowest BCUT2D eigenvalue weighted by Crippen LogP contribution is -2.39. The van der Waals surface area contributed by atoms with Crippen molar-refractivity contribution in [3.05, 3.63) is 34.4 Å². The normalized spacial score (nSPS) is 18.3. The quantitative estimate of drug-likeness (QED) is 0.337. The van der Waals surface area contributed by atoms with Crippen LogP contribution in [0.25, 0.3) is 0 Å². The fourth-order valence-electron chi connectivity index (χ4n) is 2.86. The van der Waals surface area contributed by atoms with E-state index in [1.165, 1.54) is 49.7 Å². The molecule has 1 aromatic carbocycles. The van der Waals surface area contributed by atoms with Gasteiger partial charge in [-0.3, -0.25) is 14.9 Å². The predicted molar refractivity (Wildman–Crippen MR) is 96.3 cm³/mol.